The fraction of sp³-hybridized carbons (Fsp3) is 0.346. The lowest BCUT2D eigenvalue weighted by atomic mass is 9.96. The number of carbonyl (C=O) groups is 2. The van der Waals surface area contributed by atoms with Gasteiger partial charge in [-0.25, -0.2) is 0 Å². The number of benzene rings is 1. The summed E-state index contributed by atoms with van der Waals surface area (Å²) in [7, 11) is 0. The quantitative estimate of drug-likeness (QED) is 0.488. The first-order chi connectivity index (χ1) is 15.9. The van der Waals surface area contributed by atoms with Crippen LogP contribution < -0.4 is 0 Å². The van der Waals surface area contributed by atoms with Crippen LogP contribution in [0.25, 0.3) is 11.0 Å². The van der Waals surface area contributed by atoms with Crippen molar-refractivity contribution in [2.75, 3.05) is 26.2 Å². The molecule has 0 radical (unpaired) electrons. The van der Waals surface area contributed by atoms with E-state index in [1.54, 1.807) is 29.4 Å². The van der Waals surface area contributed by atoms with Crippen LogP contribution in [0.15, 0.2) is 64.5 Å². The second kappa shape index (κ2) is 9.58. The van der Waals surface area contributed by atoms with E-state index in [2.05, 4.69) is 23.7 Å². The molecule has 3 aromatic rings. The molecule has 0 saturated heterocycles. The number of ketones is 1. The number of fused-ring (bicyclic) bond motifs is 1. The summed E-state index contributed by atoms with van der Waals surface area (Å²) in [4.78, 5) is 34.6. The zero-order valence-corrected chi connectivity index (χ0v) is 19.2. The van der Waals surface area contributed by atoms with E-state index in [-0.39, 0.29) is 11.3 Å². The predicted octanol–water partition coefficient (Wildman–Crippen LogP) is 4.45. The largest absolute Gasteiger partial charge is 0.503 e. The third-order valence-electron chi connectivity index (χ3n) is 6.21. The smallest absolute Gasteiger partial charge is 0.290 e. The molecule has 1 aliphatic heterocycles. The first kappa shape index (κ1) is 22.7. The molecule has 172 valence electrons. The van der Waals surface area contributed by atoms with E-state index in [4.69, 9.17) is 4.42 Å². The molecule has 3 heterocycles. The van der Waals surface area contributed by atoms with Crippen molar-refractivity contribution >= 4 is 22.7 Å². The Labute approximate surface area is 193 Å². The van der Waals surface area contributed by atoms with Crippen LogP contribution in [0.1, 0.15) is 48.0 Å². The van der Waals surface area contributed by atoms with Gasteiger partial charge in [-0.15, -0.1) is 0 Å². The number of rotatable bonds is 9. The minimum absolute atomic E-state index is 0.0339. The third-order valence-corrected chi connectivity index (χ3v) is 6.21. The molecule has 1 aromatic carbocycles. The third kappa shape index (κ3) is 4.41. The molecule has 1 amide bonds. The van der Waals surface area contributed by atoms with E-state index >= 15 is 0 Å². The monoisotopic (exact) mass is 447 g/mol. The normalized spacial score (nSPS) is 16.4. The van der Waals surface area contributed by atoms with Crippen LogP contribution in [-0.2, 0) is 4.79 Å². The molecule has 1 aliphatic rings. The number of aromatic nitrogens is 1. The summed E-state index contributed by atoms with van der Waals surface area (Å²) >= 11 is 0. The second-order valence-corrected chi connectivity index (χ2v) is 8.31. The van der Waals surface area contributed by atoms with Crippen molar-refractivity contribution in [1.82, 2.24) is 14.8 Å². The molecular weight excluding hydrogens is 418 g/mol. The number of hydrogen-bond donors (Lipinski definition) is 1. The zero-order chi connectivity index (χ0) is 23.5. The Morgan fingerprint density at radius 1 is 1.21 bits per heavy atom. The SMILES string of the molecule is CCN(CC)CCCN1C(=O)C(O)=C(C(=O)c2cc3cc(C)ccc3o2)C1c1cccnc1. The first-order valence-corrected chi connectivity index (χ1v) is 11.4. The van der Waals surface area contributed by atoms with Gasteiger partial charge in [0, 0.05) is 24.3 Å². The van der Waals surface area contributed by atoms with Gasteiger partial charge in [0.1, 0.15) is 5.58 Å². The van der Waals surface area contributed by atoms with E-state index in [1.807, 2.05) is 31.2 Å². The average molecular weight is 448 g/mol. The molecule has 0 fully saturated rings. The predicted molar refractivity (Wildman–Crippen MR) is 126 cm³/mol. The maximum absolute atomic E-state index is 13.5. The van der Waals surface area contributed by atoms with Crippen LogP contribution in [0.3, 0.4) is 0 Å². The highest BCUT2D eigenvalue weighted by Crippen LogP contribution is 2.39. The van der Waals surface area contributed by atoms with Crippen molar-refractivity contribution < 1.29 is 19.1 Å². The molecule has 1 atom stereocenters. The molecule has 33 heavy (non-hydrogen) atoms. The van der Waals surface area contributed by atoms with Crippen LogP contribution in [-0.4, -0.2) is 57.8 Å². The number of furan rings is 1. The van der Waals surface area contributed by atoms with Crippen molar-refractivity contribution in [1.29, 1.82) is 0 Å². The maximum Gasteiger partial charge on any atom is 0.290 e. The number of carbonyl (C=O) groups excluding carboxylic acids is 2. The Bertz CT molecular complexity index is 1190. The first-order valence-electron chi connectivity index (χ1n) is 11.4. The van der Waals surface area contributed by atoms with Crippen molar-refractivity contribution in [2.24, 2.45) is 0 Å². The van der Waals surface area contributed by atoms with E-state index in [1.165, 1.54) is 0 Å². The summed E-state index contributed by atoms with van der Waals surface area (Å²) in [5.41, 5.74) is 2.34. The van der Waals surface area contributed by atoms with Gasteiger partial charge in [0.2, 0.25) is 5.78 Å². The van der Waals surface area contributed by atoms with E-state index in [0.29, 0.717) is 17.7 Å². The minimum Gasteiger partial charge on any atom is -0.503 e. The number of aryl methyl sites for hydroxylation is 1. The number of Topliss-reactive ketones (excluding diaryl/α,β-unsaturated/α-hetero) is 1. The van der Waals surface area contributed by atoms with Gasteiger partial charge in [0.25, 0.3) is 5.91 Å². The van der Waals surface area contributed by atoms with E-state index < -0.39 is 23.5 Å². The molecule has 4 rings (SSSR count). The summed E-state index contributed by atoms with van der Waals surface area (Å²) in [5, 5.41) is 11.6. The molecule has 0 bridgehead atoms. The summed E-state index contributed by atoms with van der Waals surface area (Å²) < 4.78 is 5.80. The molecule has 2 aromatic heterocycles. The number of pyridine rings is 1. The fourth-order valence-corrected chi connectivity index (χ4v) is 4.41. The van der Waals surface area contributed by atoms with Crippen LogP contribution >= 0.6 is 0 Å². The van der Waals surface area contributed by atoms with Crippen molar-refractivity contribution in [3.8, 4) is 0 Å². The molecule has 0 spiro atoms. The van der Waals surface area contributed by atoms with Crippen LogP contribution in [0.5, 0.6) is 0 Å². The molecule has 7 nitrogen and oxygen atoms in total. The fourth-order valence-electron chi connectivity index (χ4n) is 4.41. The number of nitrogens with zero attached hydrogens (tertiary/aromatic N) is 3. The Kier molecular flexibility index (Phi) is 6.60. The van der Waals surface area contributed by atoms with Gasteiger partial charge in [-0.2, -0.15) is 0 Å². The second-order valence-electron chi connectivity index (χ2n) is 8.31. The summed E-state index contributed by atoms with van der Waals surface area (Å²) in [6, 6.07) is 10.2. The topological polar surface area (TPSA) is 86.9 Å². The van der Waals surface area contributed by atoms with Gasteiger partial charge < -0.3 is 19.3 Å². The Balaban J connectivity index is 1.68. The molecule has 7 heteroatoms. The van der Waals surface area contributed by atoms with Gasteiger partial charge in [-0.05, 0) is 62.8 Å². The lowest BCUT2D eigenvalue weighted by Gasteiger charge is -2.27. The average Bonchev–Trinajstić information content (AvgIpc) is 3.36. The number of hydrogen-bond acceptors (Lipinski definition) is 6. The lowest BCUT2D eigenvalue weighted by Crippen LogP contribution is -2.34. The Morgan fingerprint density at radius 3 is 2.70 bits per heavy atom. The highest BCUT2D eigenvalue weighted by Gasteiger charge is 2.44. The van der Waals surface area contributed by atoms with Crippen LogP contribution in [0.4, 0.5) is 0 Å². The van der Waals surface area contributed by atoms with Crippen molar-refractivity contribution in [3.63, 3.8) is 0 Å². The van der Waals surface area contributed by atoms with Crippen LogP contribution in [0.2, 0.25) is 0 Å². The summed E-state index contributed by atoms with van der Waals surface area (Å²) in [5.74, 6) is -1.45. The molecular formula is C26H29N3O4. The highest BCUT2D eigenvalue weighted by molar-refractivity contribution is 6.16. The molecule has 0 aliphatic carbocycles. The number of aliphatic hydroxyl groups is 1. The van der Waals surface area contributed by atoms with Gasteiger partial charge in [-0.3, -0.25) is 14.6 Å². The minimum atomic E-state index is -0.717. The van der Waals surface area contributed by atoms with E-state index in [9.17, 15) is 14.7 Å². The van der Waals surface area contributed by atoms with E-state index in [0.717, 1.165) is 37.0 Å². The lowest BCUT2D eigenvalue weighted by molar-refractivity contribution is -0.129. The number of aliphatic hydroxyl groups excluding tert-OH is 1. The molecule has 1 N–H and O–H groups in total. The van der Waals surface area contributed by atoms with Crippen molar-refractivity contribution in [2.45, 2.75) is 33.2 Å². The summed E-state index contributed by atoms with van der Waals surface area (Å²) in [6.45, 7) is 9.25. The molecule has 0 saturated carbocycles. The Hall–Kier alpha value is -3.45. The van der Waals surface area contributed by atoms with Crippen LogP contribution in [0, 0.1) is 6.92 Å². The van der Waals surface area contributed by atoms with Crippen molar-refractivity contribution in [3.05, 3.63) is 77.0 Å². The van der Waals surface area contributed by atoms with Gasteiger partial charge in [-0.1, -0.05) is 31.5 Å². The number of amides is 1. The standard InChI is InChI=1S/C26H29N3O4/c1-4-28(5-2)12-7-13-29-23(18-8-6-11-27-16-18)22(25(31)26(29)32)24(30)21-15-19-14-17(3)9-10-20(19)33-21/h6,8-11,14-16,23,31H,4-5,7,12-13H2,1-3H3. The van der Waals surface area contributed by atoms with Gasteiger partial charge in [0.05, 0.1) is 11.6 Å². The maximum atomic E-state index is 13.5. The van der Waals surface area contributed by atoms with Gasteiger partial charge >= 0.3 is 0 Å². The van der Waals surface area contributed by atoms with Gasteiger partial charge in [0.15, 0.2) is 11.5 Å². The Morgan fingerprint density at radius 2 is 2.00 bits per heavy atom. The molecule has 1 unspecified atom stereocenters. The summed E-state index contributed by atoms with van der Waals surface area (Å²) in [6.07, 6.45) is 3.99. The zero-order valence-electron chi connectivity index (χ0n) is 19.2. The highest BCUT2D eigenvalue weighted by atomic mass is 16.3.